The molecule has 27 heavy (non-hydrogen) atoms. The molecular weight excluding hydrogens is 406 g/mol. The van der Waals surface area contributed by atoms with Crippen LogP contribution in [0.5, 0.6) is 0 Å². The molecule has 4 aromatic rings. The lowest BCUT2D eigenvalue weighted by Gasteiger charge is -2.05. The smallest absolute Gasteiger partial charge is 0.356 e. The molecule has 0 spiro atoms. The van der Waals surface area contributed by atoms with Gasteiger partial charge in [-0.3, -0.25) is 10.5 Å². The van der Waals surface area contributed by atoms with E-state index in [0.717, 1.165) is 11.0 Å². The Morgan fingerprint density at radius 3 is 2.56 bits per heavy atom. The van der Waals surface area contributed by atoms with E-state index in [4.69, 9.17) is 10.2 Å². The van der Waals surface area contributed by atoms with Crippen LogP contribution in [0.15, 0.2) is 71.3 Å². The number of nitrogens with two attached hydrogens (primary N) is 1. The van der Waals surface area contributed by atoms with Crippen LogP contribution in [-0.4, -0.2) is 10.4 Å². The molecule has 5 nitrogen and oxygen atoms in total. The van der Waals surface area contributed by atoms with Crippen LogP contribution in [0.25, 0.3) is 11.0 Å². The maximum Gasteiger partial charge on any atom is 0.356 e. The van der Waals surface area contributed by atoms with Crippen molar-refractivity contribution in [3.63, 3.8) is 0 Å². The number of para-hydroxylation sites is 2. The van der Waals surface area contributed by atoms with E-state index in [2.05, 4.69) is 19.1 Å². The molecule has 138 valence electrons. The molecular formula is C21H20BrN3O2. The van der Waals surface area contributed by atoms with Crippen LogP contribution in [0, 0.1) is 6.92 Å². The van der Waals surface area contributed by atoms with Gasteiger partial charge in [0.25, 0.3) is 0 Å². The van der Waals surface area contributed by atoms with E-state index in [0.29, 0.717) is 18.3 Å². The number of carbonyl (C=O) groups is 1. The number of aromatic nitrogens is 2. The molecule has 0 aliphatic rings. The summed E-state index contributed by atoms with van der Waals surface area (Å²) in [7, 11) is 0. The fraction of sp³-hybridized carbons (Fsp3) is 0.143. The Balaban J connectivity index is 0.00000210. The molecule has 0 saturated carbocycles. The highest BCUT2D eigenvalue weighted by Gasteiger charge is 2.24. The van der Waals surface area contributed by atoms with E-state index in [9.17, 15) is 4.79 Å². The van der Waals surface area contributed by atoms with Gasteiger partial charge in [0.2, 0.25) is 5.78 Å². The summed E-state index contributed by atoms with van der Waals surface area (Å²) in [6.07, 6.45) is 1.50. The standard InChI is InChI=1S/C21H19N3O2.BrH/c1-15-7-2-3-8-16(15)13-23-17-9-4-5-10-18(17)24(21(23)22)14-19(25)20-11-6-12-26-20;/h2-12,22H,13-14H2,1H3;1H. The van der Waals surface area contributed by atoms with E-state index in [1.54, 1.807) is 12.1 Å². The lowest BCUT2D eigenvalue weighted by atomic mass is 10.1. The molecule has 0 atom stereocenters. The van der Waals surface area contributed by atoms with Crippen molar-refractivity contribution in [2.45, 2.75) is 20.0 Å². The van der Waals surface area contributed by atoms with E-state index in [1.807, 2.05) is 45.5 Å². The topological polar surface area (TPSA) is 65.0 Å². The third-order valence-corrected chi connectivity index (χ3v) is 4.70. The number of ketones is 1. The molecule has 0 fully saturated rings. The number of halogens is 1. The molecule has 6 heteroatoms. The number of benzene rings is 2. The highest BCUT2D eigenvalue weighted by Crippen LogP contribution is 2.19. The number of hydrogen-bond donors (Lipinski definition) is 1. The summed E-state index contributed by atoms with van der Waals surface area (Å²) in [5, 5.41) is 0. The molecule has 2 aromatic carbocycles. The molecule has 0 unspecified atom stereocenters. The van der Waals surface area contributed by atoms with Crippen molar-refractivity contribution in [2.75, 3.05) is 5.73 Å². The van der Waals surface area contributed by atoms with Crippen LogP contribution in [0.3, 0.4) is 0 Å². The molecule has 0 saturated heterocycles. The minimum Gasteiger partial charge on any atom is -1.00 e. The molecule has 4 rings (SSSR count). The number of Topliss-reactive ketones (excluding diaryl/α,β-unsaturated/α-hetero) is 1. The van der Waals surface area contributed by atoms with Gasteiger partial charge in [-0.2, -0.15) is 0 Å². The second-order valence-electron chi connectivity index (χ2n) is 6.35. The Morgan fingerprint density at radius 1 is 1.07 bits per heavy atom. The quantitative estimate of drug-likeness (QED) is 0.370. The van der Waals surface area contributed by atoms with E-state index < -0.39 is 0 Å². The van der Waals surface area contributed by atoms with Crippen LogP contribution >= 0.6 is 0 Å². The van der Waals surface area contributed by atoms with Gasteiger partial charge in [-0.1, -0.05) is 36.4 Å². The molecule has 2 aromatic heterocycles. The van der Waals surface area contributed by atoms with Crippen molar-refractivity contribution in [1.82, 2.24) is 4.57 Å². The first-order valence-electron chi connectivity index (χ1n) is 8.53. The highest BCUT2D eigenvalue weighted by molar-refractivity contribution is 5.94. The predicted molar refractivity (Wildman–Crippen MR) is 99.9 cm³/mol. The zero-order valence-corrected chi connectivity index (χ0v) is 16.5. The number of hydrogen-bond acceptors (Lipinski definition) is 3. The van der Waals surface area contributed by atoms with Crippen molar-refractivity contribution < 1.29 is 30.8 Å². The SMILES string of the molecule is Cc1ccccc1C[n+]1c(N)n(CC(=O)c2ccco2)c2ccccc21.[Br-]. The second kappa shape index (κ2) is 7.80. The summed E-state index contributed by atoms with van der Waals surface area (Å²) in [5.41, 5.74) is 10.8. The Labute approximate surface area is 167 Å². The van der Waals surface area contributed by atoms with Gasteiger partial charge in [-0.05, 0) is 42.3 Å². The predicted octanol–water partition coefficient (Wildman–Crippen LogP) is 0.348. The lowest BCUT2D eigenvalue weighted by Crippen LogP contribution is -3.00. The fourth-order valence-corrected chi connectivity index (χ4v) is 3.26. The van der Waals surface area contributed by atoms with Gasteiger partial charge < -0.3 is 21.4 Å². The number of nitrogen functional groups attached to an aromatic ring is 1. The maximum atomic E-state index is 12.5. The Hall–Kier alpha value is -2.86. The summed E-state index contributed by atoms with van der Waals surface area (Å²) in [4.78, 5) is 12.5. The zero-order valence-electron chi connectivity index (χ0n) is 14.9. The van der Waals surface area contributed by atoms with Gasteiger partial charge in [0.1, 0.15) is 17.6 Å². The number of rotatable bonds is 5. The third-order valence-electron chi connectivity index (χ3n) is 4.70. The average molecular weight is 426 g/mol. The lowest BCUT2D eigenvalue weighted by molar-refractivity contribution is -0.648. The summed E-state index contributed by atoms with van der Waals surface area (Å²) in [6, 6.07) is 19.6. The van der Waals surface area contributed by atoms with Gasteiger partial charge in [0.15, 0.2) is 5.76 Å². The number of nitrogens with zero attached hydrogens (tertiary/aromatic N) is 2. The number of carbonyl (C=O) groups excluding carboxylic acids is 1. The van der Waals surface area contributed by atoms with Crippen LogP contribution in [0.2, 0.25) is 0 Å². The van der Waals surface area contributed by atoms with Crippen molar-refractivity contribution >= 4 is 22.8 Å². The summed E-state index contributed by atoms with van der Waals surface area (Å²) < 4.78 is 9.12. The van der Waals surface area contributed by atoms with Crippen molar-refractivity contribution in [3.8, 4) is 0 Å². The number of aryl methyl sites for hydroxylation is 1. The third kappa shape index (κ3) is 3.53. The number of anilines is 1. The molecule has 2 N–H and O–H groups in total. The number of fused-ring (bicyclic) bond motifs is 1. The van der Waals surface area contributed by atoms with Crippen molar-refractivity contribution in [3.05, 3.63) is 83.8 Å². The molecule has 0 aliphatic carbocycles. The van der Waals surface area contributed by atoms with Gasteiger partial charge >= 0.3 is 5.95 Å². The molecule has 0 radical (unpaired) electrons. The second-order valence-corrected chi connectivity index (χ2v) is 6.35. The summed E-state index contributed by atoms with van der Waals surface area (Å²) in [6.45, 7) is 2.88. The van der Waals surface area contributed by atoms with Gasteiger partial charge in [0, 0.05) is 0 Å². The monoisotopic (exact) mass is 425 g/mol. The van der Waals surface area contributed by atoms with Gasteiger partial charge in [-0.25, -0.2) is 9.13 Å². The summed E-state index contributed by atoms with van der Waals surface area (Å²) in [5.74, 6) is 0.785. The first kappa shape index (κ1) is 18.9. The first-order chi connectivity index (χ1) is 12.6. The van der Waals surface area contributed by atoms with Gasteiger partial charge in [0.05, 0.1) is 12.8 Å². The van der Waals surface area contributed by atoms with Crippen molar-refractivity contribution in [1.29, 1.82) is 0 Å². The minimum absolute atomic E-state index is 0. The normalized spacial score (nSPS) is 10.7. The zero-order chi connectivity index (χ0) is 18.1. The largest absolute Gasteiger partial charge is 1.00 e. The Bertz CT molecular complexity index is 1080. The average Bonchev–Trinajstić information content (AvgIpc) is 3.27. The highest BCUT2D eigenvalue weighted by atomic mass is 79.9. The Kier molecular flexibility index (Phi) is 5.46. The number of imidazole rings is 1. The fourth-order valence-electron chi connectivity index (χ4n) is 3.26. The molecule has 2 heterocycles. The molecule has 0 bridgehead atoms. The molecule has 0 amide bonds. The van der Waals surface area contributed by atoms with Gasteiger partial charge in [-0.15, -0.1) is 0 Å². The van der Waals surface area contributed by atoms with E-state index >= 15 is 0 Å². The minimum atomic E-state index is -0.106. The van der Waals surface area contributed by atoms with Crippen LogP contribution in [0.1, 0.15) is 21.7 Å². The maximum absolute atomic E-state index is 12.5. The summed E-state index contributed by atoms with van der Waals surface area (Å²) >= 11 is 0. The number of furan rings is 1. The molecule has 0 aliphatic heterocycles. The van der Waals surface area contributed by atoms with Crippen LogP contribution < -0.4 is 27.3 Å². The Morgan fingerprint density at radius 2 is 1.81 bits per heavy atom. The van der Waals surface area contributed by atoms with Crippen LogP contribution in [-0.2, 0) is 13.1 Å². The van der Waals surface area contributed by atoms with E-state index in [-0.39, 0.29) is 29.3 Å². The first-order valence-corrected chi connectivity index (χ1v) is 8.53. The van der Waals surface area contributed by atoms with E-state index in [1.165, 1.54) is 17.4 Å². The van der Waals surface area contributed by atoms with Crippen molar-refractivity contribution in [2.24, 2.45) is 0 Å². The van der Waals surface area contributed by atoms with Crippen LogP contribution in [0.4, 0.5) is 5.95 Å².